The topological polar surface area (TPSA) is 26.3 Å². The molecule has 8 heteroatoms. The van der Waals surface area contributed by atoms with Gasteiger partial charge < -0.3 is 4.74 Å². The maximum absolute atomic E-state index is 13.7. The van der Waals surface area contributed by atoms with Crippen LogP contribution in [0.4, 0.5) is 26.3 Å². The lowest BCUT2D eigenvalue weighted by molar-refractivity contribution is -0.274. The molecule has 0 aromatic heterocycles. The molecule has 0 aliphatic carbocycles. The lowest BCUT2D eigenvalue weighted by atomic mass is 9.99. The molecule has 0 spiro atoms. The highest BCUT2D eigenvalue weighted by Crippen LogP contribution is 2.32. The van der Waals surface area contributed by atoms with Crippen LogP contribution in [-0.4, -0.2) is 12.6 Å². The SMILES string of the molecule is O=Cc1ccc(OC(F)(F)F)cc1-c1cc(F)c(F)cc1F. The fraction of sp³-hybridized carbons (Fsp3) is 0.0714. The van der Waals surface area contributed by atoms with Crippen molar-refractivity contribution in [1.29, 1.82) is 0 Å². The van der Waals surface area contributed by atoms with E-state index in [1.807, 2.05) is 0 Å². The van der Waals surface area contributed by atoms with Crippen LogP contribution in [0.3, 0.4) is 0 Å². The van der Waals surface area contributed by atoms with Gasteiger partial charge in [0.1, 0.15) is 11.6 Å². The summed E-state index contributed by atoms with van der Waals surface area (Å²) in [4.78, 5) is 10.9. The van der Waals surface area contributed by atoms with Gasteiger partial charge in [0.2, 0.25) is 0 Å². The van der Waals surface area contributed by atoms with Crippen molar-refractivity contribution in [1.82, 2.24) is 0 Å². The Labute approximate surface area is 119 Å². The predicted octanol–water partition coefficient (Wildman–Crippen LogP) is 4.48. The summed E-state index contributed by atoms with van der Waals surface area (Å²) < 4.78 is 80.0. The summed E-state index contributed by atoms with van der Waals surface area (Å²) in [6.45, 7) is 0. The number of benzene rings is 2. The second kappa shape index (κ2) is 5.70. The maximum Gasteiger partial charge on any atom is 0.573 e. The number of aldehydes is 1. The summed E-state index contributed by atoms with van der Waals surface area (Å²) >= 11 is 0. The molecular weight excluding hydrogens is 314 g/mol. The first-order chi connectivity index (χ1) is 10.2. The molecule has 0 atom stereocenters. The molecule has 2 rings (SSSR count). The third-order valence-electron chi connectivity index (χ3n) is 2.69. The Morgan fingerprint density at radius 3 is 2.09 bits per heavy atom. The summed E-state index contributed by atoms with van der Waals surface area (Å²) in [5, 5.41) is 0. The van der Waals surface area contributed by atoms with Crippen molar-refractivity contribution in [3.05, 3.63) is 53.3 Å². The monoisotopic (exact) mass is 320 g/mol. The van der Waals surface area contributed by atoms with E-state index < -0.39 is 35.1 Å². The minimum Gasteiger partial charge on any atom is -0.406 e. The molecule has 0 heterocycles. The average Bonchev–Trinajstić information content (AvgIpc) is 2.41. The van der Waals surface area contributed by atoms with E-state index in [0.717, 1.165) is 12.1 Å². The van der Waals surface area contributed by atoms with Gasteiger partial charge in [-0.2, -0.15) is 0 Å². The van der Waals surface area contributed by atoms with Crippen LogP contribution >= 0.6 is 0 Å². The van der Waals surface area contributed by atoms with Crippen LogP contribution in [0.1, 0.15) is 10.4 Å². The molecule has 0 aliphatic heterocycles. The van der Waals surface area contributed by atoms with Crippen LogP contribution in [0.5, 0.6) is 5.75 Å². The van der Waals surface area contributed by atoms with Crippen molar-refractivity contribution in [2.75, 3.05) is 0 Å². The van der Waals surface area contributed by atoms with Crippen molar-refractivity contribution < 1.29 is 35.9 Å². The van der Waals surface area contributed by atoms with Crippen molar-refractivity contribution in [3.8, 4) is 16.9 Å². The molecule has 0 unspecified atom stereocenters. The van der Waals surface area contributed by atoms with Gasteiger partial charge in [-0.05, 0) is 29.8 Å². The molecule has 22 heavy (non-hydrogen) atoms. The van der Waals surface area contributed by atoms with E-state index in [4.69, 9.17) is 0 Å². The molecule has 0 aliphatic rings. The minimum absolute atomic E-state index is 0.209. The van der Waals surface area contributed by atoms with E-state index in [1.165, 1.54) is 0 Å². The number of hydrogen-bond donors (Lipinski definition) is 0. The van der Waals surface area contributed by atoms with Gasteiger partial charge in [0, 0.05) is 17.2 Å². The molecule has 2 aromatic carbocycles. The number of halogens is 6. The number of ether oxygens (including phenoxy) is 1. The van der Waals surface area contributed by atoms with Gasteiger partial charge >= 0.3 is 6.36 Å². The van der Waals surface area contributed by atoms with E-state index in [0.29, 0.717) is 12.1 Å². The molecule has 0 N–H and O–H groups in total. The molecule has 0 bridgehead atoms. The number of alkyl halides is 3. The molecule has 0 radical (unpaired) electrons. The van der Waals surface area contributed by atoms with E-state index in [-0.39, 0.29) is 23.5 Å². The van der Waals surface area contributed by atoms with E-state index >= 15 is 0 Å². The number of rotatable bonds is 3. The van der Waals surface area contributed by atoms with Crippen molar-refractivity contribution in [2.45, 2.75) is 6.36 Å². The van der Waals surface area contributed by atoms with E-state index in [2.05, 4.69) is 4.74 Å². The first-order valence-corrected chi connectivity index (χ1v) is 5.71. The van der Waals surface area contributed by atoms with Gasteiger partial charge in [0.15, 0.2) is 17.9 Å². The highest BCUT2D eigenvalue weighted by Gasteiger charge is 2.31. The number of carbonyl (C=O) groups excluding carboxylic acids is 1. The van der Waals surface area contributed by atoms with Crippen molar-refractivity contribution >= 4 is 6.29 Å². The molecule has 2 aromatic rings. The Morgan fingerprint density at radius 1 is 0.864 bits per heavy atom. The zero-order valence-electron chi connectivity index (χ0n) is 10.5. The number of carbonyl (C=O) groups is 1. The Morgan fingerprint density at radius 2 is 1.50 bits per heavy atom. The fourth-order valence-corrected chi connectivity index (χ4v) is 1.80. The molecular formula is C14H6F6O2. The van der Waals surface area contributed by atoms with Crippen LogP contribution < -0.4 is 4.74 Å². The summed E-state index contributed by atoms with van der Waals surface area (Å²) in [5.41, 5.74) is -1.12. The quantitative estimate of drug-likeness (QED) is 0.473. The van der Waals surface area contributed by atoms with Gasteiger partial charge in [-0.25, -0.2) is 13.2 Å². The van der Waals surface area contributed by atoms with Gasteiger partial charge in [-0.3, -0.25) is 4.79 Å². The Hall–Kier alpha value is -2.51. The summed E-state index contributed by atoms with van der Waals surface area (Å²) in [5.74, 6) is -4.82. The van der Waals surface area contributed by atoms with Gasteiger partial charge in [0.05, 0.1) is 0 Å². The highest BCUT2D eigenvalue weighted by molar-refractivity contribution is 5.88. The molecule has 116 valence electrons. The second-order valence-electron chi connectivity index (χ2n) is 4.16. The maximum atomic E-state index is 13.7. The summed E-state index contributed by atoms with van der Waals surface area (Å²) in [7, 11) is 0. The van der Waals surface area contributed by atoms with Crippen LogP contribution in [0, 0.1) is 17.5 Å². The number of hydrogen-bond acceptors (Lipinski definition) is 2. The fourth-order valence-electron chi connectivity index (χ4n) is 1.80. The molecule has 0 saturated carbocycles. The summed E-state index contributed by atoms with van der Waals surface area (Å²) in [6, 6.07) is 3.19. The molecule has 0 saturated heterocycles. The third-order valence-corrected chi connectivity index (χ3v) is 2.69. The predicted molar refractivity (Wildman–Crippen MR) is 63.8 cm³/mol. The summed E-state index contributed by atoms with van der Waals surface area (Å²) in [6.07, 6.45) is -4.75. The van der Waals surface area contributed by atoms with Gasteiger partial charge in [0.25, 0.3) is 0 Å². The first kappa shape index (κ1) is 15.9. The molecule has 2 nitrogen and oxygen atoms in total. The first-order valence-electron chi connectivity index (χ1n) is 5.71. The largest absolute Gasteiger partial charge is 0.573 e. The van der Waals surface area contributed by atoms with E-state index in [9.17, 15) is 31.1 Å². The minimum atomic E-state index is -4.99. The van der Waals surface area contributed by atoms with Crippen LogP contribution in [-0.2, 0) is 0 Å². The second-order valence-corrected chi connectivity index (χ2v) is 4.16. The normalized spacial score (nSPS) is 11.4. The average molecular weight is 320 g/mol. The van der Waals surface area contributed by atoms with Crippen molar-refractivity contribution in [2.24, 2.45) is 0 Å². The van der Waals surface area contributed by atoms with Gasteiger partial charge in [-0.1, -0.05) is 0 Å². The van der Waals surface area contributed by atoms with Gasteiger partial charge in [-0.15, -0.1) is 13.2 Å². The smallest absolute Gasteiger partial charge is 0.406 e. The standard InChI is InChI=1S/C14H6F6O2/c15-11-5-13(17)12(16)4-10(11)9-3-8(22-14(18,19)20)2-1-7(9)6-21/h1-6H. The lowest BCUT2D eigenvalue weighted by Crippen LogP contribution is -2.17. The van der Waals surface area contributed by atoms with Crippen LogP contribution in [0.15, 0.2) is 30.3 Å². The lowest BCUT2D eigenvalue weighted by Gasteiger charge is -2.12. The Balaban J connectivity index is 2.60. The van der Waals surface area contributed by atoms with E-state index in [1.54, 1.807) is 0 Å². The Bertz CT molecular complexity index is 724. The Kier molecular flexibility index (Phi) is 4.11. The van der Waals surface area contributed by atoms with Crippen LogP contribution in [0.2, 0.25) is 0 Å². The molecule has 0 amide bonds. The molecule has 0 fully saturated rings. The van der Waals surface area contributed by atoms with Crippen LogP contribution in [0.25, 0.3) is 11.1 Å². The zero-order valence-corrected chi connectivity index (χ0v) is 10.5. The van der Waals surface area contributed by atoms with Crippen molar-refractivity contribution in [3.63, 3.8) is 0 Å². The zero-order chi connectivity index (χ0) is 16.5. The third kappa shape index (κ3) is 3.38. The highest BCUT2D eigenvalue weighted by atomic mass is 19.4.